The molecule has 1 saturated carbocycles. The molecule has 1 aromatic heterocycles. The van der Waals surface area contributed by atoms with E-state index in [0.29, 0.717) is 17.9 Å². The summed E-state index contributed by atoms with van der Waals surface area (Å²) in [6, 6.07) is 10.9. The number of hydrogen-bond donors (Lipinski definition) is 1. The molecule has 100 valence electrons. The fraction of sp³-hybridized carbons (Fsp3) is 0.467. The standard InChI is InChI=1S/C15H20N4/c1-11-13(8-9-14(11)16-2)15-10-17-18-19(15)12-6-4-3-5-7-12/h3-7,10-11,13-14,16H,8-9H2,1-2H3. The molecule has 3 unspecified atom stereocenters. The van der Waals surface area contributed by atoms with Gasteiger partial charge in [0.05, 0.1) is 17.6 Å². The monoisotopic (exact) mass is 256 g/mol. The van der Waals surface area contributed by atoms with Crippen molar-refractivity contribution in [3.8, 4) is 5.69 Å². The summed E-state index contributed by atoms with van der Waals surface area (Å²) in [6.07, 6.45) is 4.35. The van der Waals surface area contributed by atoms with Crippen LogP contribution in [-0.2, 0) is 0 Å². The van der Waals surface area contributed by atoms with Crippen LogP contribution in [0.15, 0.2) is 36.5 Å². The lowest BCUT2D eigenvalue weighted by molar-refractivity contribution is 0.420. The molecule has 3 rings (SSSR count). The zero-order valence-electron chi connectivity index (χ0n) is 11.5. The molecule has 0 bridgehead atoms. The van der Waals surface area contributed by atoms with Crippen LogP contribution in [-0.4, -0.2) is 28.1 Å². The summed E-state index contributed by atoms with van der Waals surface area (Å²) in [5.41, 5.74) is 2.33. The predicted molar refractivity (Wildman–Crippen MR) is 75.3 cm³/mol. The van der Waals surface area contributed by atoms with Crippen molar-refractivity contribution in [3.05, 3.63) is 42.2 Å². The van der Waals surface area contributed by atoms with Gasteiger partial charge in [-0.15, -0.1) is 5.10 Å². The van der Waals surface area contributed by atoms with Gasteiger partial charge in [-0.3, -0.25) is 0 Å². The number of aromatic nitrogens is 3. The largest absolute Gasteiger partial charge is 0.317 e. The third kappa shape index (κ3) is 2.16. The number of nitrogens with zero attached hydrogens (tertiary/aromatic N) is 3. The molecule has 0 aliphatic heterocycles. The fourth-order valence-corrected chi connectivity index (χ4v) is 3.26. The van der Waals surface area contributed by atoms with Gasteiger partial charge in [-0.25, -0.2) is 4.68 Å². The molecule has 2 aromatic rings. The molecule has 1 aliphatic rings. The van der Waals surface area contributed by atoms with Crippen LogP contribution < -0.4 is 5.32 Å². The van der Waals surface area contributed by atoms with E-state index in [1.54, 1.807) is 0 Å². The predicted octanol–water partition coefficient (Wildman–Crippen LogP) is 2.37. The highest BCUT2D eigenvalue weighted by Crippen LogP contribution is 2.39. The Morgan fingerprint density at radius 3 is 2.68 bits per heavy atom. The fourth-order valence-electron chi connectivity index (χ4n) is 3.26. The Labute approximate surface area is 113 Å². The third-order valence-corrected chi connectivity index (χ3v) is 4.39. The van der Waals surface area contributed by atoms with E-state index < -0.39 is 0 Å². The maximum atomic E-state index is 4.26. The molecule has 1 fully saturated rings. The van der Waals surface area contributed by atoms with E-state index in [1.807, 2.05) is 29.1 Å². The van der Waals surface area contributed by atoms with E-state index in [-0.39, 0.29) is 0 Å². The molecule has 4 heteroatoms. The second-order valence-corrected chi connectivity index (χ2v) is 5.34. The Bertz CT molecular complexity index is 534. The number of hydrogen-bond acceptors (Lipinski definition) is 3. The molecule has 0 amide bonds. The summed E-state index contributed by atoms with van der Waals surface area (Å²) in [6.45, 7) is 2.32. The third-order valence-electron chi connectivity index (χ3n) is 4.39. The van der Waals surface area contributed by atoms with E-state index in [0.717, 1.165) is 5.69 Å². The Morgan fingerprint density at radius 2 is 2.00 bits per heavy atom. The van der Waals surface area contributed by atoms with E-state index in [1.165, 1.54) is 18.5 Å². The number of rotatable bonds is 3. The summed E-state index contributed by atoms with van der Waals surface area (Å²) in [4.78, 5) is 0. The molecule has 1 aliphatic carbocycles. The molecule has 3 atom stereocenters. The molecule has 1 N–H and O–H groups in total. The summed E-state index contributed by atoms with van der Waals surface area (Å²) in [5, 5.41) is 11.8. The Hall–Kier alpha value is -1.68. The molecular weight excluding hydrogens is 236 g/mol. The van der Waals surface area contributed by atoms with Crippen LogP contribution in [0, 0.1) is 5.92 Å². The minimum absolute atomic E-state index is 0.535. The smallest absolute Gasteiger partial charge is 0.0732 e. The van der Waals surface area contributed by atoms with Crippen molar-refractivity contribution in [3.63, 3.8) is 0 Å². The molecular formula is C15H20N4. The zero-order valence-corrected chi connectivity index (χ0v) is 11.5. The first-order valence-corrected chi connectivity index (χ1v) is 6.94. The second kappa shape index (κ2) is 5.13. The van der Waals surface area contributed by atoms with Crippen LogP contribution in [0.3, 0.4) is 0 Å². The Balaban J connectivity index is 1.93. The van der Waals surface area contributed by atoms with E-state index in [4.69, 9.17) is 0 Å². The van der Waals surface area contributed by atoms with Gasteiger partial charge in [0.25, 0.3) is 0 Å². The first-order chi connectivity index (χ1) is 9.31. The zero-order chi connectivity index (χ0) is 13.2. The van der Waals surface area contributed by atoms with Crippen LogP contribution in [0.5, 0.6) is 0 Å². The summed E-state index contributed by atoms with van der Waals surface area (Å²) in [7, 11) is 2.05. The van der Waals surface area contributed by atoms with E-state index in [2.05, 4.69) is 41.7 Å². The van der Waals surface area contributed by atoms with Crippen molar-refractivity contribution >= 4 is 0 Å². The van der Waals surface area contributed by atoms with Crippen molar-refractivity contribution in [1.82, 2.24) is 20.3 Å². The first-order valence-electron chi connectivity index (χ1n) is 6.94. The van der Waals surface area contributed by atoms with Gasteiger partial charge in [0.1, 0.15) is 0 Å². The topological polar surface area (TPSA) is 42.7 Å². The van der Waals surface area contributed by atoms with Crippen LogP contribution in [0.2, 0.25) is 0 Å². The lowest BCUT2D eigenvalue weighted by Gasteiger charge is -2.20. The van der Waals surface area contributed by atoms with E-state index >= 15 is 0 Å². The lowest BCUT2D eigenvalue weighted by atomic mass is 9.93. The molecule has 4 nitrogen and oxygen atoms in total. The van der Waals surface area contributed by atoms with Gasteiger partial charge in [-0.2, -0.15) is 0 Å². The number of para-hydroxylation sites is 1. The second-order valence-electron chi connectivity index (χ2n) is 5.34. The highest BCUT2D eigenvalue weighted by atomic mass is 15.4. The van der Waals surface area contributed by atoms with Crippen LogP contribution >= 0.6 is 0 Å². The van der Waals surface area contributed by atoms with Gasteiger partial charge in [-0.05, 0) is 37.9 Å². The van der Waals surface area contributed by atoms with Crippen molar-refractivity contribution < 1.29 is 0 Å². The number of nitrogens with one attached hydrogen (secondary N) is 1. The SMILES string of the molecule is CNC1CCC(c2cnnn2-c2ccccc2)C1C. The van der Waals surface area contributed by atoms with Gasteiger partial charge < -0.3 is 5.32 Å². The van der Waals surface area contributed by atoms with Gasteiger partial charge in [0.15, 0.2) is 0 Å². The van der Waals surface area contributed by atoms with Crippen LogP contribution in [0.4, 0.5) is 0 Å². The van der Waals surface area contributed by atoms with Crippen LogP contribution in [0.1, 0.15) is 31.4 Å². The Kier molecular flexibility index (Phi) is 3.34. The van der Waals surface area contributed by atoms with Gasteiger partial charge in [0.2, 0.25) is 0 Å². The molecule has 19 heavy (non-hydrogen) atoms. The summed E-state index contributed by atoms with van der Waals surface area (Å²) >= 11 is 0. The van der Waals surface area contributed by atoms with Gasteiger partial charge in [-0.1, -0.05) is 30.3 Å². The first kappa shape index (κ1) is 12.4. The van der Waals surface area contributed by atoms with Crippen molar-refractivity contribution in [2.75, 3.05) is 7.05 Å². The minimum Gasteiger partial charge on any atom is -0.317 e. The van der Waals surface area contributed by atoms with Crippen LogP contribution in [0.25, 0.3) is 5.69 Å². The number of benzene rings is 1. The lowest BCUT2D eigenvalue weighted by Crippen LogP contribution is -2.29. The minimum atomic E-state index is 0.535. The molecule has 0 saturated heterocycles. The Morgan fingerprint density at radius 1 is 1.21 bits per heavy atom. The molecule has 1 aromatic carbocycles. The van der Waals surface area contributed by atoms with Gasteiger partial charge >= 0.3 is 0 Å². The maximum Gasteiger partial charge on any atom is 0.0732 e. The maximum absolute atomic E-state index is 4.26. The summed E-state index contributed by atoms with van der Waals surface area (Å²) in [5.74, 6) is 1.15. The van der Waals surface area contributed by atoms with Crippen molar-refractivity contribution in [2.45, 2.75) is 31.7 Å². The van der Waals surface area contributed by atoms with Crippen molar-refractivity contribution in [1.29, 1.82) is 0 Å². The van der Waals surface area contributed by atoms with Crippen molar-refractivity contribution in [2.24, 2.45) is 5.92 Å². The molecule has 1 heterocycles. The van der Waals surface area contributed by atoms with E-state index in [9.17, 15) is 0 Å². The quantitative estimate of drug-likeness (QED) is 0.916. The molecule has 0 radical (unpaired) electrons. The average Bonchev–Trinajstić information content (AvgIpc) is 3.05. The summed E-state index contributed by atoms with van der Waals surface area (Å²) < 4.78 is 1.99. The highest BCUT2D eigenvalue weighted by Gasteiger charge is 2.35. The normalized spacial score (nSPS) is 26.7. The average molecular weight is 256 g/mol. The highest BCUT2D eigenvalue weighted by molar-refractivity contribution is 5.32. The molecule has 0 spiro atoms. The van der Waals surface area contributed by atoms with Gasteiger partial charge in [0, 0.05) is 12.0 Å².